The van der Waals surface area contributed by atoms with Crippen LogP contribution in [-0.2, 0) is 14.8 Å². The maximum Gasteiger partial charge on any atom is 0.264 e. The van der Waals surface area contributed by atoms with Crippen molar-refractivity contribution in [3.63, 3.8) is 0 Å². The van der Waals surface area contributed by atoms with E-state index >= 15 is 0 Å². The molecule has 0 bridgehead atoms. The molecule has 0 aromatic heterocycles. The fourth-order valence-corrected chi connectivity index (χ4v) is 3.42. The van der Waals surface area contributed by atoms with E-state index in [2.05, 4.69) is 5.32 Å². The van der Waals surface area contributed by atoms with Crippen LogP contribution in [0, 0.1) is 0 Å². The molecule has 0 aliphatic carbocycles. The minimum atomic E-state index is -3.76. The van der Waals surface area contributed by atoms with Crippen LogP contribution in [0.2, 0.25) is 0 Å². The van der Waals surface area contributed by atoms with Crippen molar-refractivity contribution in [2.24, 2.45) is 0 Å². The number of carbonyl (C=O) groups excluding carboxylic acids is 1. The van der Waals surface area contributed by atoms with Crippen molar-refractivity contribution >= 4 is 27.3 Å². The molecule has 0 heterocycles. The average molecular weight is 364 g/mol. The van der Waals surface area contributed by atoms with E-state index in [1.165, 1.54) is 52.5 Å². The Hall–Kier alpha value is -2.74. The lowest BCUT2D eigenvalue weighted by molar-refractivity contribution is -0.114. The van der Waals surface area contributed by atoms with Crippen LogP contribution in [-0.4, -0.2) is 35.6 Å². The number of rotatable bonds is 6. The van der Waals surface area contributed by atoms with E-state index in [9.17, 15) is 13.2 Å². The summed E-state index contributed by atoms with van der Waals surface area (Å²) in [5.41, 5.74) is 0.962. The van der Waals surface area contributed by atoms with Crippen molar-refractivity contribution in [2.75, 3.05) is 30.9 Å². The SMILES string of the molecule is COc1ccc(N(C)S(=O)(=O)c2ccc(NC(C)=O)cc2)cc1OC. The van der Waals surface area contributed by atoms with Crippen molar-refractivity contribution in [3.05, 3.63) is 42.5 Å². The zero-order valence-corrected chi connectivity index (χ0v) is 15.3. The predicted molar refractivity (Wildman–Crippen MR) is 95.9 cm³/mol. The molecule has 0 saturated carbocycles. The molecule has 7 nitrogen and oxygen atoms in total. The number of carbonyl (C=O) groups is 1. The topological polar surface area (TPSA) is 84.9 Å². The summed E-state index contributed by atoms with van der Waals surface area (Å²) in [6, 6.07) is 10.8. The largest absolute Gasteiger partial charge is 0.493 e. The molecule has 8 heteroatoms. The highest BCUT2D eigenvalue weighted by Gasteiger charge is 2.22. The smallest absolute Gasteiger partial charge is 0.264 e. The predicted octanol–water partition coefficient (Wildman–Crippen LogP) is 2.49. The fourth-order valence-electron chi connectivity index (χ4n) is 2.23. The molecule has 0 unspecified atom stereocenters. The van der Waals surface area contributed by atoms with Crippen LogP contribution < -0.4 is 19.1 Å². The zero-order valence-electron chi connectivity index (χ0n) is 14.4. The Morgan fingerprint density at radius 2 is 1.60 bits per heavy atom. The van der Waals surface area contributed by atoms with Crippen LogP contribution in [0.5, 0.6) is 11.5 Å². The lowest BCUT2D eigenvalue weighted by Gasteiger charge is -2.21. The molecule has 1 N–H and O–H groups in total. The molecule has 1 amide bonds. The van der Waals surface area contributed by atoms with Gasteiger partial charge in [-0.2, -0.15) is 0 Å². The summed E-state index contributed by atoms with van der Waals surface area (Å²) in [5.74, 6) is 0.720. The molecular formula is C17H20N2O5S. The Morgan fingerprint density at radius 3 is 2.12 bits per heavy atom. The average Bonchev–Trinajstić information content (AvgIpc) is 2.60. The number of nitrogens with one attached hydrogen (secondary N) is 1. The monoisotopic (exact) mass is 364 g/mol. The number of nitrogens with zero attached hydrogens (tertiary/aromatic N) is 1. The van der Waals surface area contributed by atoms with E-state index < -0.39 is 10.0 Å². The van der Waals surface area contributed by atoms with Gasteiger partial charge in [0.05, 0.1) is 24.8 Å². The van der Waals surface area contributed by atoms with Crippen molar-refractivity contribution in [1.82, 2.24) is 0 Å². The van der Waals surface area contributed by atoms with Crippen molar-refractivity contribution in [2.45, 2.75) is 11.8 Å². The Bertz CT molecular complexity index is 863. The minimum Gasteiger partial charge on any atom is -0.493 e. The number of amides is 1. The van der Waals surface area contributed by atoms with Gasteiger partial charge >= 0.3 is 0 Å². The summed E-state index contributed by atoms with van der Waals surface area (Å²) in [5, 5.41) is 2.59. The molecule has 0 atom stereocenters. The lowest BCUT2D eigenvalue weighted by atomic mass is 10.3. The standard InChI is InChI=1S/C17H20N2O5S/c1-12(20)18-13-5-8-15(9-6-13)25(21,22)19(2)14-7-10-16(23-3)17(11-14)24-4/h5-11H,1-4H3,(H,18,20). The molecule has 0 saturated heterocycles. The van der Waals surface area contributed by atoms with E-state index in [1.807, 2.05) is 0 Å². The number of hydrogen-bond donors (Lipinski definition) is 1. The Kier molecular flexibility index (Phi) is 5.53. The summed E-state index contributed by atoms with van der Waals surface area (Å²) in [4.78, 5) is 11.2. The highest BCUT2D eigenvalue weighted by Crippen LogP contribution is 2.33. The first-order chi connectivity index (χ1) is 11.8. The second kappa shape index (κ2) is 7.43. The summed E-state index contributed by atoms with van der Waals surface area (Å²) in [6.45, 7) is 1.38. The number of anilines is 2. The summed E-state index contributed by atoms with van der Waals surface area (Å²) < 4.78 is 37.1. The Labute approximate surface area is 147 Å². The molecule has 0 aliphatic heterocycles. The van der Waals surface area contributed by atoms with Crippen molar-refractivity contribution < 1.29 is 22.7 Å². The summed E-state index contributed by atoms with van der Waals surface area (Å²) >= 11 is 0. The third-order valence-electron chi connectivity index (χ3n) is 3.56. The van der Waals surface area contributed by atoms with Crippen LogP contribution in [0.25, 0.3) is 0 Å². The number of benzene rings is 2. The van der Waals surface area contributed by atoms with E-state index in [4.69, 9.17) is 9.47 Å². The molecule has 2 aromatic rings. The first-order valence-corrected chi connectivity index (χ1v) is 8.82. The van der Waals surface area contributed by atoms with Gasteiger partial charge in [0.25, 0.3) is 10.0 Å². The first-order valence-electron chi connectivity index (χ1n) is 7.38. The fraction of sp³-hybridized carbons (Fsp3) is 0.235. The zero-order chi connectivity index (χ0) is 18.6. The van der Waals surface area contributed by atoms with Gasteiger partial charge in [0.1, 0.15) is 0 Å². The molecule has 0 fully saturated rings. The van der Waals surface area contributed by atoms with Crippen LogP contribution in [0.4, 0.5) is 11.4 Å². The second-order valence-electron chi connectivity index (χ2n) is 5.22. The molecule has 25 heavy (non-hydrogen) atoms. The number of hydrogen-bond acceptors (Lipinski definition) is 5. The molecular weight excluding hydrogens is 344 g/mol. The van der Waals surface area contributed by atoms with Gasteiger partial charge in [0, 0.05) is 25.7 Å². The van der Waals surface area contributed by atoms with E-state index in [1.54, 1.807) is 18.2 Å². The van der Waals surface area contributed by atoms with Crippen LogP contribution >= 0.6 is 0 Å². The van der Waals surface area contributed by atoms with Crippen LogP contribution in [0.15, 0.2) is 47.4 Å². The highest BCUT2D eigenvalue weighted by atomic mass is 32.2. The summed E-state index contributed by atoms with van der Waals surface area (Å²) in [6.07, 6.45) is 0. The van der Waals surface area contributed by atoms with Gasteiger partial charge < -0.3 is 14.8 Å². The molecule has 0 radical (unpaired) electrons. The number of ether oxygens (including phenoxy) is 2. The third kappa shape index (κ3) is 4.03. The molecule has 2 aromatic carbocycles. The molecule has 0 spiro atoms. The lowest BCUT2D eigenvalue weighted by Crippen LogP contribution is -2.26. The number of sulfonamides is 1. The van der Waals surface area contributed by atoms with Gasteiger partial charge in [-0.1, -0.05) is 0 Å². The van der Waals surface area contributed by atoms with Crippen LogP contribution in [0.3, 0.4) is 0 Å². The maximum absolute atomic E-state index is 12.8. The van der Waals surface area contributed by atoms with Crippen molar-refractivity contribution in [3.8, 4) is 11.5 Å². The van der Waals surface area contributed by atoms with Gasteiger partial charge in [-0.25, -0.2) is 8.42 Å². The summed E-state index contributed by atoms with van der Waals surface area (Å²) in [7, 11) is 0.691. The van der Waals surface area contributed by atoms with E-state index in [0.717, 1.165) is 4.31 Å². The second-order valence-corrected chi connectivity index (χ2v) is 7.19. The molecule has 0 aliphatic rings. The Morgan fingerprint density at radius 1 is 1.00 bits per heavy atom. The molecule has 134 valence electrons. The van der Waals surface area contributed by atoms with Gasteiger partial charge in [0.2, 0.25) is 5.91 Å². The van der Waals surface area contributed by atoms with Gasteiger partial charge in [-0.15, -0.1) is 0 Å². The highest BCUT2D eigenvalue weighted by molar-refractivity contribution is 7.92. The van der Waals surface area contributed by atoms with E-state index in [-0.39, 0.29) is 10.8 Å². The third-order valence-corrected chi connectivity index (χ3v) is 5.36. The minimum absolute atomic E-state index is 0.110. The normalized spacial score (nSPS) is 10.9. The van der Waals surface area contributed by atoms with Crippen molar-refractivity contribution in [1.29, 1.82) is 0 Å². The maximum atomic E-state index is 12.8. The quantitative estimate of drug-likeness (QED) is 0.851. The molecule has 2 rings (SSSR count). The van der Waals surface area contributed by atoms with Crippen LogP contribution in [0.1, 0.15) is 6.92 Å². The number of methoxy groups -OCH3 is 2. The first kappa shape index (κ1) is 18.6. The van der Waals surface area contributed by atoms with Gasteiger partial charge in [-0.3, -0.25) is 9.10 Å². The van der Waals surface area contributed by atoms with Gasteiger partial charge in [-0.05, 0) is 36.4 Å². The van der Waals surface area contributed by atoms with Gasteiger partial charge in [0.15, 0.2) is 11.5 Å². The van der Waals surface area contributed by atoms with E-state index in [0.29, 0.717) is 22.9 Å². The Balaban J connectivity index is 2.34.